The lowest BCUT2D eigenvalue weighted by Crippen LogP contribution is -2.16. The van der Waals surface area contributed by atoms with Gasteiger partial charge in [0.05, 0.1) is 5.56 Å². The number of nitrogens with zero attached hydrogens (tertiary/aromatic N) is 1. The highest BCUT2D eigenvalue weighted by atomic mass is 16.3. The molecule has 0 aliphatic rings. The second kappa shape index (κ2) is 7.16. The number of benzene rings is 2. The molecule has 26 heavy (non-hydrogen) atoms. The zero-order valence-corrected chi connectivity index (χ0v) is 15.6. The Labute approximate surface area is 153 Å². The van der Waals surface area contributed by atoms with Crippen molar-refractivity contribution in [2.24, 2.45) is 0 Å². The zero-order chi connectivity index (χ0) is 18.8. The third-order valence-corrected chi connectivity index (χ3v) is 4.60. The van der Waals surface area contributed by atoms with Gasteiger partial charge in [0, 0.05) is 17.3 Å². The van der Waals surface area contributed by atoms with Crippen molar-refractivity contribution in [3.8, 4) is 5.75 Å². The van der Waals surface area contributed by atoms with E-state index in [4.69, 9.17) is 0 Å². The van der Waals surface area contributed by atoms with Gasteiger partial charge < -0.3 is 10.4 Å². The van der Waals surface area contributed by atoms with E-state index in [1.54, 1.807) is 24.4 Å². The number of amides is 1. The number of phenols is 1. The van der Waals surface area contributed by atoms with Gasteiger partial charge in [-0.2, -0.15) is 0 Å². The van der Waals surface area contributed by atoms with Crippen LogP contribution in [-0.2, 0) is 0 Å². The van der Waals surface area contributed by atoms with Gasteiger partial charge in [0.2, 0.25) is 0 Å². The first kappa shape index (κ1) is 17.9. The molecule has 3 rings (SSSR count). The third-order valence-electron chi connectivity index (χ3n) is 4.60. The van der Waals surface area contributed by atoms with Crippen LogP contribution in [0.5, 0.6) is 5.75 Å². The Balaban J connectivity index is 2.05. The van der Waals surface area contributed by atoms with E-state index in [1.807, 2.05) is 24.3 Å². The average molecular weight is 348 g/mol. The number of nitrogens with one attached hydrogen (secondary N) is 1. The van der Waals surface area contributed by atoms with Gasteiger partial charge in [0.1, 0.15) is 5.52 Å². The van der Waals surface area contributed by atoms with Crippen molar-refractivity contribution in [1.29, 1.82) is 0 Å². The number of para-hydroxylation sites is 1. The van der Waals surface area contributed by atoms with Crippen LogP contribution in [0.25, 0.3) is 10.9 Å². The summed E-state index contributed by atoms with van der Waals surface area (Å²) in [6.07, 6.45) is 1.61. The van der Waals surface area contributed by atoms with Crippen LogP contribution in [0, 0.1) is 0 Å². The van der Waals surface area contributed by atoms with Gasteiger partial charge in [-0.3, -0.25) is 9.78 Å². The van der Waals surface area contributed by atoms with Gasteiger partial charge in [0.25, 0.3) is 5.91 Å². The van der Waals surface area contributed by atoms with Crippen molar-refractivity contribution >= 4 is 22.5 Å². The first-order chi connectivity index (χ1) is 12.4. The molecule has 0 saturated carbocycles. The molecule has 134 valence electrons. The molecule has 0 fully saturated rings. The number of rotatable bonds is 4. The number of carbonyl (C=O) groups is 1. The Hall–Kier alpha value is -2.88. The highest BCUT2D eigenvalue weighted by Gasteiger charge is 2.19. The van der Waals surface area contributed by atoms with Crippen LogP contribution in [0.15, 0.2) is 48.7 Å². The normalized spacial score (nSPS) is 11.3. The van der Waals surface area contributed by atoms with E-state index in [0.717, 1.165) is 22.2 Å². The van der Waals surface area contributed by atoms with Crippen molar-refractivity contribution in [3.05, 3.63) is 65.4 Å². The fourth-order valence-electron chi connectivity index (χ4n) is 3.19. The fourth-order valence-corrected chi connectivity index (χ4v) is 3.19. The van der Waals surface area contributed by atoms with Crippen LogP contribution in [0.2, 0.25) is 0 Å². The minimum atomic E-state index is -0.329. The molecule has 0 atom stereocenters. The molecule has 0 unspecified atom stereocenters. The summed E-state index contributed by atoms with van der Waals surface area (Å²) < 4.78 is 0. The predicted molar refractivity (Wildman–Crippen MR) is 106 cm³/mol. The van der Waals surface area contributed by atoms with E-state index < -0.39 is 0 Å². The summed E-state index contributed by atoms with van der Waals surface area (Å²) in [6.45, 7) is 8.41. The Bertz CT molecular complexity index is 935. The average Bonchev–Trinajstić information content (AvgIpc) is 2.61. The Kier molecular flexibility index (Phi) is 4.94. The molecule has 1 aromatic heterocycles. The minimum absolute atomic E-state index is 0.0891. The molecule has 0 radical (unpaired) electrons. The summed E-state index contributed by atoms with van der Waals surface area (Å²) in [6, 6.07) is 13.2. The number of carbonyl (C=O) groups excluding carboxylic acids is 1. The maximum atomic E-state index is 12.9. The van der Waals surface area contributed by atoms with Crippen LogP contribution in [-0.4, -0.2) is 16.0 Å². The van der Waals surface area contributed by atoms with Gasteiger partial charge in [-0.25, -0.2) is 0 Å². The topological polar surface area (TPSA) is 62.2 Å². The van der Waals surface area contributed by atoms with Gasteiger partial charge in [-0.1, -0.05) is 58.0 Å². The molecule has 0 saturated heterocycles. The molecular weight excluding hydrogens is 324 g/mol. The standard InChI is InChI=1S/C22H24N2O2/c1-13(2)16-8-5-9-17(14(3)4)20(16)24-22(26)18-11-10-15-7-6-12-23-19(15)21(18)25/h5-14,25H,1-4H3,(H,24,26). The maximum absolute atomic E-state index is 12.9. The summed E-state index contributed by atoms with van der Waals surface area (Å²) in [5.74, 6) is 0.130. The SMILES string of the molecule is CC(C)c1cccc(C(C)C)c1NC(=O)c1ccc2cccnc2c1O. The molecule has 0 aliphatic heterocycles. The van der Waals surface area contributed by atoms with Crippen molar-refractivity contribution in [1.82, 2.24) is 4.98 Å². The van der Waals surface area contributed by atoms with E-state index in [9.17, 15) is 9.90 Å². The molecule has 4 heteroatoms. The van der Waals surface area contributed by atoms with Gasteiger partial charge >= 0.3 is 0 Å². The Morgan fingerprint density at radius 2 is 1.62 bits per heavy atom. The summed E-state index contributed by atoms with van der Waals surface area (Å²) in [5, 5.41) is 14.4. The molecule has 1 amide bonds. The molecule has 2 aromatic carbocycles. The smallest absolute Gasteiger partial charge is 0.259 e. The molecule has 0 bridgehead atoms. The Morgan fingerprint density at radius 3 is 2.23 bits per heavy atom. The monoisotopic (exact) mass is 348 g/mol. The lowest BCUT2D eigenvalue weighted by molar-refractivity contribution is 0.102. The fraction of sp³-hybridized carbons (Fsp3) is 0.273. The largest absolute Gasteiger partial charge is 0.505 e. The summed E-state index contributed by atoms with van der Waals surface area (Å²) in [5.41, 5.74) is 3.67. The number of hydrogen-bond donors (Lipinski definition) is 2. The van der Waals surface area contributed by atoms with Crippen LogP contribution < -0.4 is 5.32 Å². The van der Waals surface area contributed by atoms with E-state index in [2.05, 4.69) is 38.0 Å². The minimum Gasteiger partial charge on any atom is -0.505 e. The number of aromatic nitrogens is 1. The van der Waals surface area contributed by atoms with Crippen LogP contribution >= 0.6 is 0 Å². The van der Waals surface area contributed by atoms with Crippen LogP contribution in [0.3, 0.4) is 0 Å². The van der Waals surface area contributed by atoms with Crippen LogP contribution in [0.4, 0.5) is 5.69 Å². The second-order valence-corrected chi connectivity index (χ2v) is 7.11. The number of aromatic hydroxyl groups is 1. The summed E-state index contributed by atoms with van der Waals surface area (Å²) in [7, 11) is 0. The molecule has 0 aliphatic carbocycles. The van der Waals surface area contributed by atoms with E-state index in [1.165, 1.54) is 0 Å². The molecule has 2 N–H and O–H groups in total. The van der Waals surface area contributed by atoms with Gasteiger partial charge in [0.15, 0.2) is 5.75 Å². The number of pyridine rings is 1. The van der Waals surface area contributed by atoms with Crippen LogP contribution in [0.1, 0.15) is 61.0 Å². The van der Waals surface area contributed by atoms with Crippen molar-refractivity contribution in [3.63, 3.8) is 0 Å². The van der Waals surface area contributed by atoms with Crippen molar-refractivity contribution in [2.45, 2.75) is 39.5 Å². The van der Waals surface area contributed by atoms with E-state index >= 15 is 0 Å². The van der Waals surface area contributed by atoms with E-state index in [-0.39, 0.29) is 29.1 Å². The quantitative estimate of drug-likeness (QED) is 0.660. The number of phenolic OH excluding ortho intramolecular Hbond substituents is 1. The molecule has 4 nitrogen and oxygen atoms in total. The molecule has 1 heterocycles. The van der Waals surface area contributed by atoms with Gasteiger partial charge in [-0.05, 0) is 35.1 Å². The lowest BCUT2D eigenvalue weighted by Gasteiger charge is -2.20. The number of anilines is 1. The van der Waals surface area contributed by atoms with Crippen molar-refractivity contribution < 1.29 is 9.90 Å². The third kappa shape index (κ3) is 3.27. The zero-order valence-electron chi connectivity index (χ0n) is 15.6. The molecule has 0 spiro atoms. The summed E-state index contributed by atoms with van der Waals surface area (Å²) in [4.78, 5) is 17.1. The highest BCUT2D eigenvalue weighted by Crippen LogP contribution is 2.34. The first-order valence-electron chi connectivity index (χ1n) is 8.91. The first-order valence-corrected chi connectivity index (χ1v) is 8.91. The van der Waals surface area contributed by atoms with E-state index in [0.29, 0.717) is 5.52 Å². The highest BCUT2D eigenvalue weighted by molar-refractivity contribution is 6.09. The predicted octanol–water partition coefficient (Wildman–Crippen LogP) is 5.44. The van der Waals surface area contributed by atoms with Gasteiger partial charge in [-0.15, -0.1) is 0 Å². The summed E-state index contributed by atoms with van der Waals surface area (Å²) >= 11 is 0. The number of fused-ring (bicyclic) bond motifs is 1. The molecular formula is C22H24N2O2. The van der Waals surface area contributed by atoms with Crippen molar-refractivity contribution in [2.75, 3.05) is 5.32 Å². The molecule has 3 aromatic rings. The lowest BCUT2D eigenvalue weighted by atomic mass is 9.92. The second-order valence-electron chi connectivity index (χ2n) is 7.11. The number of hydrogen-bond acceptors (Lipinski definition) is 3. The Morgan fingerprint density at radius 1 is 0.962 bits per heavy atom. The maximum Gasteiger partial charge on any atom is 0.259 e.